The van der Waals surface area contributed by atoms with Gasteiger partial charge in [-0.05, 0) is 36.4 Å². The van der Waals surface area contributed by atoms with E-state index in [1.807, 2.05) is 44.2 Å². The fraction of sp³-hybridized carbons (Fsp3) is 0.158. The molecular weight excluding hydrogens is 304 g/mol. The fourth-order valence-electron chi connectivity index (χ4n) is 2.09. The second kappa shape index (κ2) is 7.00. The van der Waals surface area contributed by atoms with Gasteiger partial charge in [0.2, 0.25) is 0 Å². The van der Waals surface area contributed by atoms with Gasteiger partial charge in [-0.3, -0.25) is 4.79 Å². The molecule has 1 amide bonds. The molecule has 3 aromatic rings. The number of anilines is 1. The zero-order valence-electron chi connectivity index (χ0n) is 13.5. The first-order valence-corrected chi connectivity index (χ1v) is 7.73. The Morgan fingerprint density at radius 2 is 1.71 bits per heavy atom. The summed E-state index contributed by atoms with van der Waals surface area (Å²) in [5.74, 6) is 2.03. The SMILES string of the molecule is CC(C)c1cc(C(=O)Nc2ccc(Oc3ccccc3)cc2)no1. The minimum atomic E-state index is -0.303. The largest absolute Gasteiger partial charge is 0.457 e. The number of hydrogen-bond donors (Lipinski definition) is 1. The van der Waals surface area contributed by atoms with Gasteiger partial charge in [-0.25, -0.2) is 0 Å². The van der Waals surface area contributed by atoms with Crippen molar-refractivity contribution < 1.29 is 14.1 Å². The highest BCUT2D eigenvalue weighted by Crippen LogP contribution is 2.23. The van der Waals surface area contributed by atoms with Crippen molar-refractivity contribution in [2.75, 3.05) is 5.32 Å². The van der Waals surface area contributed by atoms with Crippen LogP contribution in [0.3, 0.4) is 0 Å². The van der Waals surface area contributed by atoms with Crippen LogP contribution in [0.25, 0.3) is 0 Å². The van der Waals surface area contributed by atoms with E-state index in [1.165, 1.54) is 0 Å². The van der Waals surface area contributed by atoms with E-state index in [0.717, 1.165) is 5.75 Å². The Kier molecular flexibility index (Phi) is 4.61. The minimum absolute atomic E-state index is 0.188. The average molecular weight is 322 g/mol. The molecule has 0 atom stereocenters. The van der Waals surface area contributed by atoms with Crippen molar-refractivity contribution in [2.45, 2.75) is 19.8 Å². The van der Waals surface area contributed by atoms with E-state index in [-0.39, 0.29) is 17.5 Å². The van der Waals surface area contributed by atoms with Crippen molar-refractivity contribution >= 4 is 11.6 Å². The van der Waals surface area contributed by atoms with Crippen LogP contribution in [-0.2, 0) is 0 Å². The molecule has 1 heterocycles. The highest BCUT2D eigenvalue weighted by molar-refractivity contribution is 6.02. The molecule has 5 heteroatoms. The van der Waals surface area contributed by atoms with Crippen molar-refractivity contribution in [1.29, 1.82) is 0 Å². The zero-order valence-corrected chi connectivity index (χ0v) is 13.5. The molecule has 24 heavy (non-hydrogen) atoms. The van der Waals surface area contributed by atoms with Crippen LogP contribution in [0, 0.1) is 0 Å². The highest BCUT2D eigenvalue weighted by atomic mass is 16.5. The maximum Gasteiger partial charge on any atom is 0.277 e. The summed E-state index contributed by atoms with van der Waals surface area (Å²) in [6, 6.07) is 18.3. The predicted molar refractivity (Wildman–Crippen MR) is 91.5 cm³/mol. The van der Waals surface area contributed by atoms with E-state index < -0.39 is 0 Å². The van der Waals surface area contributed by atoms with E-state index in [1.54, 1.807) is 30.3 Å². The van der Waals surface area contributed by atoms with Crippen LogP contribution in [0.4, 0.5) is 5.69 Å². The monoisotopic (exact) mass is 322 g/mol. The lowest BCUT2D eigenvalue weighted by atomic mass is 10.1. The van der Waals surface area contributed by atoms with Crippen LogP contribution < -0.4 is 10.1 Å². The van der Waals surface area contributed by atoms with E-state index in [4.69, 9.17) is 9.26 Å². The number of para-hydroxylation sites is 1. The Balaban J connectivity index is 1.64. The number of amides is 1. The van der Waals surface area contributed by atoms with Gasteiger partial charge in [0.25, 0.3) is 5.91 Å². The minimum Gasteiger partial charge on any atom is -0.457 e. The second-order valence-electron chi connectivity index (χ2n) is 5.66. The summed E-state index contributed by atoms with van der Waals surface area (Å²) >= 11 is 0. The summed E-state index contributed by atoms with van der Waals surface area (Å²) < 4.78 is 10.9. The van der Waals surface area contributed by atoms with Gasteiger partial charge in [0, 0.05) is 17.7 Å². The molecule has 0 unspecified atom stereocenters. The van der Waals surface area contributed by atoms with Crippen LogP contribution in [0.5, 0.6) is 11.5 Å². The molecule has 1 aromatic heterocycles. The number of nitrogens with one attached hydrogen (secondary N) is 1. The number of ether oxygens (including phenoxy) is 1. The Morgan fingerprint density at radius 3 is 2.33 bits per heavy atom. The van der Waals surface area contributed by atoms with Crippen LogP contribution in [0.15, 0.2) is 65.2 Å². The predicted octanol–water partition coefficient (Wildman–Crippen LogP) is 4.84. The lowest BCUT2D eigenvalue weighted by Crippen LogP contribution is -2.12. The van der Waals surface area contributed by atoms with Gasteiger partial charge in [-0.2, -0.15) is 0 Å². The van der Waals surface area contributed by atoms with Gasteiger partial charge in [-0.15, -0.1) is 0 Å². The molecule has 2 aromatic carbocycles. The molecule has 0 aliphatic heterocycles. The molecule has 0 bridgehead atoms. The Morgan fingerprint density at radius 1 is 1.04 bits per heavy atom. The third kappa shape index (κ3) is 3.81. The molecular formula is C19H18N2O3. The van der Waals surface area contributed by atoms with Crippen molar-refractivity contribution in [3.8, 4) is 11.5 Å². The van der Waals surface area contributed by atoms with Crippen LogP contribution in [0.2, 0.25) is 0 Å². The van der Waals surface area contributed by atoms with E-state index in [2.05, 4.69) is 10.5 Å². The third-order valence-electron chi connectivity index (χ3n) is 3.42. The number of benzene rings is 2. The summed E-state index contributed by atoms with van der Waals surface area (Å²) in [5.41, 5.74) is 0.929. The number of carbonyl (C=O) groups excluding carboxylic acids is 1. The van der Waals surface area contributed by atoms with Gasteiger partial charge in [0.15, 0.2) is 5.69 Å². The van der Waals surface area contributed by atoms with Gasteiger partial charge >= 0.3 is 0 Å². The lowest BCUT2D eigenvalue weighted by Gasteiger charge is -2.07. The van der Waals surface area contributed by atoms with E-state index in [9.17, 15) is 4.79 Å². The summed E-state index contributed by atoms with van der Waals surface area (Å²) in [6.07, 6.45) is 0. The third-order valence-corrected chi connectivity index (χ3v) is 3.42. The molecule has 5 nitrogen and oxygen atoms in total. The maximum absolute atomic E-state index is 12.2. The molecule has 0 fully saturated rings. The molecule has 3 rings (SSSR count). The average Bonchev–Trinajstić information content (AvgIpc) is 3.08. The summed E-state index contributed by atoms with van der Waals surface area (Å²) in [6.45, 7) is 3.96. The number of carbonyl (C=O) groups is 1. The topological polar surface area (TPSA) is 64.4 Å². The molecule has 0 saturated heterocycles. The molecule has 0 aliphatic carbocycles. The molecule has 0 saturated carbocycles. The van der Waals surface area contributed by atoms with Crippen molar-refractivity contribution in [1.82, 2.24) is 5.16 Å². The zero-order chi connectivity index (χ0) is 16.9. The van der Waals surface area contributed by atoms with Crippen LogP contribution in [-0.4, -0.2) is 11.1 Å². The normalized spacial score (nSPS) is 10.6. The van der Waals surface area contributed by atoms with Gasteiger partial charge in [0.05, 0.1) is 0 Å². The number of aromatic nitrogens is 1. The van der Waals surface area contributed by atoms with Crippen molar-refractivity contribution in [3.63, 3.8) is 0 Å². The first-order valence-electron chi connectivity index (χ1n) is 7.73. The fourth-order valence-corrected chi connectivity index (χ4v) is 2.09. The summed E-state index contributed by atoms with van der Waals surface area (Å²) in [4.78, 5) is 12.2. The first-order chi connectivity index (χ1) is 11.6. The lowest BCUT2D eigenvalue weighted by molar-refractivity contribution is 0.101. The smallest absolute Gasteiger partial charge is 0.277 e. The van der Waals surface area contributed by atoms with Crippen molar-refractivity contribution in [2.24, 2.45) is 0 Å². The van der Waals surface area contributed by atoms with Gasteiger partial charge in [-0.1, -0.05) is 37.2 Å². The number of nitrogens with zero attached hydrogens (tertiary/aromatic N) is 1. The quantitative estimate of drug-likeness (QED) is 0.730. The Hall–Kier alpha value is -3.08. The van der Waals surface area contributed by atoms with E-state index in [0.29, 0.717) is 17.2 Å². The van der Waals surface area contributed by atoms with Gasteiger partial charge < -0.3 is 14.6 Å². The van der Waals surface area contributed by atoms with Gasteiger partial charge in [0.1, 0.15) is 17.3 Å². The van der Waals surface area contributed by atoms with Crippen LogP contribution in [0.1, 0.15) is 36.0 Å². The standard InChI is InChI=1S/C19H18N2O3/c1-13(2)18-12-17(21-24-18)19(22)20-14-8-10-16(11-9-14)23-15-6-4-3-5-7-15/h3-13H,1-2H3,(H,20,22). The Bertz CT molecular complexity index is 808. The molecule has 0 aliphatic rings. The number of hydrogen-bond acceptors (Lipinski definition) is 4. The maximum atomic E-state index is 12.2. The first kappa shape index (κ1) is 15.8. The second-order valence-corrected chi connectivity index (χ2v) is 5.66. The molecule has 0 spiro atoms. The molecule has 1 N–H and O–H groups in total. The van der Waals surface area contributed by atoms with E-state index >= 15 is 0 Å². The Labute approximate surface area is 140 Å². The molecule has 122 valence electrons. The van der Waals surface area contributed by atoms with Crippen molar-refractivity contribution in [3.05, 3.63) is 72.1 Å². The highest BCUT2D eigenvalue weighted by Gasteiger charge is 2.14. The number of rotatable bonds is 5. The van der Waals surface area contributed by atoms with Crippen LogP contribution >= 0.6 is 0 Å². The molecule has 0 radical (unpaired) electrons. The summed E-state index contributed by atoms with van der Waals surface area (Å²) in [7, 11) is 0. The summed E-state index contributed by atoms with van der Waals surface area (Å²) in [5, 5.41) is 6.58.